The maximum absolute atomic E-state index is 12.4. The summed E-state index contributed by atoms with van der Waals surface area (Å²) < 4.78 is 5.50. The lowest BCUT2D eigenvalue weighted by Gasteiger charge is -2.22. The average molecular weight is 949 g/mol. The predicted octanol–water partition coefficient (Wildman–Crippen LogP) is 19.1. The van der Waals surface area contributed by atoms with E-state index >= 15 is 0 Å². The largest absolute Gasteiger partial charge is 0.466 e. The average Bonchev–Trinajstić information content (AvgIpc) is 3.33. The Morgan fingerprint density at radius 3 is 0.910 bits per heavy atom. The smallest absolute Gasteiger partial charge is 0.305 e. The fourth-order valence-corrected chi connectivity index (χ4v) is 9.94. The number of hydrogen-bond acceptors (Lipinski definition) is 5. The van der Waals surface area contributed by atoms with E-state index < -0.39 is 12.1 Å². The van der Waals surface area contributed by atoms with Crippen LogP contribution in [0, 0.1) is 0 Å². The van der Waals surface area contributed by atoms with Crippen LogP contribution in [0.3, 0.4) is 0 Å². The summed E-state index contributed by atoms with van der Waals surface area (Å²) in [6, 6.07) is -0.538. The molecule has 0 rings (SSSR count). The van der Waals surface area contributed by atoms with Gasteiger partial charge in [-0.2, -0.15) is 0 Å². The monoisotopic (exact) mass is 948 g/mol. The normalized spacial score (nSPS) is 12.5. The van der Waals surface area contributed by atoms with Crippen LogP contribution < -0.4 is 5.32 Å². The molecule has 0 aromatic rings. The van der Waals surface area contributed by atoms with Gasteiger partial charge in [-0.25, -0.2) is 0 Å². The van der Waals surface area contributed by atoms with Gasteiger partial charge in [0, 0.05) is 12.8 Å². The van der Waals surface area contributed by atoms with Gasteiger partial charge in [0.05, 0.1) is 25.4 Å². The van der Waals surface area contributed by atoms with E-state index in [1.54, 1.807) is 0 Å². The summed E-state index contributed by atoms with van der Waals surface area (Å²) in [6.07, 6.45) is 66.9. The Morgan fingerprint density at radius 1 is 0.358 bits per heavy atom. The Kier molecular flexibility index (Phi) is 56.5. The van der Waals surface area contributed by atoms with Crippen molar-refractivity contribution in [3.8, 4) is 0 Å². The van der Waals surface area contributed by atoms with Gasteiger partial charge in [0.25, 0.3) is 0 Å². The van der Waals surface area contributed by atoms with Crippen LogP contribution >= 0.6 is 0 Å². The SMILES string of the molecule is CCCCCCCCCCCCCCCCCCC(=O)OCCCCCCCCCCCCCCCCCCCCCCCCCC(=O)NC(CO)C(O)CCCCCCCCCCCCC. The lowest BCUT2D eigenvalue weighted by molar-refractivity contribution is -0.143. The van der Waals surface area contributed by atoms with Crippen LogP contribution in [0.25, 0.3) is 0 Å². The van der Waals surface area contributed by atoms with Crippen molar-refractivity contribution in [3.05, 3.63) is 0 Å². The van der Waals surface area contributed by atoms with Crippen molar-refractivity contribution < 1.29 is 24.5 Å². The van der Waals surface area contributed by atoms with Crippen molar-refractivity contribution in [1.29, 1.82) is 0 Å². The number of amides is 1. The molecule has 0 bridgehead atoms. The molecule has 0 aliphatic carbocycles. The van der Waals surface area contributed by atoms with Crippen LogP contribution in [-0.2, 0) is 14.3 Å². The highest BCUT2D eigenvalue weighted by Crippen LogP contribution is 2.18. The molecule has 0 aliphatic rings. The summed E-state index contributed by atoms with van der Waals surface area (Å²) in [5.41, 5.74) is 0. The van der Waals surface area contributed by atoms with Crippen molar-refractivity contribution >= 4 is 11.9 Å². The first-order chi connectivity index (χ1) is 33.0. The molecule has 0 spiro atoms. The molecule has 0 radical (unpaired) electrons. The van der Waals surface area contributed by atoms with Gasteiger partial charge in [-0.3, -0.25) is 9.59 Å². The quantitative estimate of drug-likeness (QED) is 0.0417. The molecule has 67 heavy (non-hydrogen) atoms. The van der Waals surface area contributed by atoms with Crippen LogP contribution in [0.4, 0.5) is 0 Å². The van der Waals surface area contributed by atoms with E-state index in [0.29, 0.717) is 25.9 Å². The molecule has 0 fully saturated rings. The van der Waals surface area contributed by atoms with Crippen LogP contribution in [-0.4, -0.2) is 47.4 Å². The van der Waals surface area contributed by atoms with Gasteiger partial charge >= 0.3 is 5.97 Å². The number of aliphatic hydroxyl groups is 2. The molecule has 1 amide bonds. The van der Waals surface area contributed by atoms with Gasteiger partial charge in [0.2, 0.25) is 5.91 Å². The number of nitrogens with one attached hydrogen (secondary N) is 1. The molecular formula is C61H121NO5. The van der Waals surface area contributed by atoms with Crippen LogP contribution in [0.2, 0.25) is 0 Å². The fraction of sp³-hybridized carbons (Fsp3) is 0.967. The number of aliphatic hydroxyl groups excluding tert-OH is 2. The topological polar surface area (TPSA) is 95.9 Å². The van der Waals surface area contributed by atoms with Crippen molar-refractivity contribution in [3.63, 3.8) is 0 Å². The number of hydrogen-bond donors (Lipinski definition) is 3. The zero-order valence-electron chi connectivity index (χ0n) is 45.7. The first kappa shape index (κ1) is 65.9. The van der Waals surface area contributed by atoms with E-state index in [9.17, 15) is 19.8 Å². The molecule has 0 aromatic carbocycles. The van der Waals surface area contributed by atoms with Crippen molar-refractivity contribution in [2.75, 3.05) is 13.2 Å². The highest BCUT2D eigenvalue weighted by Gasteiger charge is 2.20. The zero-order chi connectivity index (χ0) is 48.6. The number of rotatable bonds is 58. The molecule has 0 aliphatic heterocycles. The second-order valence-corrected chi connectivity index (χ2v) is 21.4. The van der Waals surface area contributed by atoms with Crippen LogP contribution in [0.15, 0.2) is 0 Å². The van der Waals surface area contributed by atoms with Gasteiger partial charge in [0.15, 0.2) is 0 Å². The molecule has 0 heterocycles. The zero-order valence-corrected chi connectivity index (χ0v) is 45.7. The lowest BCUT2D eigenvalue weighted by Crippen LogP contribution is -2.45. The van der Waals surface area contributed by atoms with Crippen LogP contribution in [0.1, 0.15) is 354 Å². The van der Waals surface area contributed by atoms with Gasteiger partial charge < -0.3 is 20.3 Å². The highest BCUT2D eigenvalue weighted by atomic mass is 16.5. The van der Waals surface area contributed by atoms with Crippen LogP contribution in [0.5, 0.6) is 0 Å². The highest BCUT2D eigenvalue weighted by molar-refractivity contribution is 5.76. The Morgan fingerprint density at radius 2 is 0.612 bits per heavy atom. The third kappa shape index (κ3) is 54.0. The predicted molar refractivity (Wildman–Crippen MR) is 292 cm³/mol. The van der Waals surface area contributed by atoms with Crippen molar-refractivity contribution in [1.82, 2.24) is 5.32 Å². The van der Waals surface area contributed by atoms with Crippen molar-refractivity contribution in [2.24, 2.45) is 0 Å². The van der Waals surface area contributed by atoms with E-state index in [1.165, 1.54) is 283 Å². The Bertz CT molecular complexity index is 959. The third-order valence-corrected chi connectivity index (χ3v) is 14.7. The summed E-state index contributed by atoms with van der Waals surface area (Å²) in [4.78, 5) is 24.5. The number of unbranched alkanes of at least 4 members (excludes halogenated alkanes) is 47. The molecule has 400 valence electrons. The molecule has 2 unspecified atom stereocenters. The van der Waals surface area contributed by atoms with E-state index in [2.05, 4.69) is 19.2 Å². The van der Waals surface area contributed by atoms with Gasteiger partial charge in [0.1, 0.15) is 0 Å². The van der Waals surface area contributed by atoms with E-state index in [-0.39, 0.29) is 18.5 Å². The minimum absolute atomic E-state index is 0.0187. The number of esters is 1. The third-order valence-electron chi connectivity index (χ3n) is 14.7. The van der Waals surface area contributed by atoms with Crippen molar-refractivity contribution in [2.45, 2.75) is 366 Å². The van der Waals surface area contributed by atoms with Gasteiger partial charge in [-0.15, -0.1) is 0 Å². The Hall–Kier alpha value is -1.14. The molecule has 3 N–H and O–H groups in total. The maximum Gasteiger partial charge on any atom is 0.305 e. The van der Waals surface area contributed by atoms with Gasteiger partial charge in [-0.1, -0.05) is 316 Å². The lowest BCUT2D eigenvalue weighted by atomic mass is 10.0. The molecular weight excluding hydrogens is 827 g/mol. The van der Waals surface area contributed by atoms with E-state index in [1.807, 2.05) is 0 Å². The molecule has 0 saturated heterocycles. The first-order valence-corrected chi connectivity index (χ1v) is 30.8. The fourth-order valence-electron chi connectivity index (χ4n) is 9.94. The minimum atomic E-state index is -0.661. The molecule has 0 aromatic heterocycles. The molecule has 6 nitrogen and oxygen atoms in total. The summed E-state index contributed by atoms with van der Waals surface area (Å²) in [6.45, 7) is 4.97. The number of carbonyl (C=O) groups is 2. The Labute approximate surface area is 419 Å². The van der Waals surface area contributed by atoms with E-state index in [4.69, 9.17) is 4.74 Å². The maximum atomic E-state index is 12.4. The summed E-state index contributed by atoms with van der Waals surface area (Å²) in [5.74, 6) is -0.0147. The molecule has 6 heteroatoms. The second kappa shape index (κ2) is 57.4. The summed E-state index contributed by atoms with van der Waals surface area (Å²) >= 11 is 0. The summed E-state index contributed by atoms with van der Waals surface area (Å²) in [5, 5.41) is 23.2. The first-order valence-electron chi connectivity index (χ1n) is 30.8. The molecule has 0 saturated carbocycles. The number of ether oxygens (including phenoxy) is 1. The van der Waals surface area contributed by atoms with Gasteiger partial charge in [-0.05, 0) is 25.7 Å². The minimum Gasteiger partial charge on any atom is -0.466 e. The second-order valence-electron chi connectivity index (χ2n) is 21.4. The van der Waals surface area contributed by atoms with E-state index in [0.717, 1.165) is 38.5 Å². The standard InChI is InChI=1S/C61H121NO5/c1-3-5-7-9-11-13-15-16-17-28-31-35-39-43-47-51-55-61(66)67-56-52-48-44-40-36-32-29-26-24-22-20-18-19-21-23-25-27-30-34-38-42-46-50-54-60(65)62-58(57-63)59(64)53-49-45-41-37-33-14-12-10-8-6-4-2/h58-59,63-64H,3-57H2,1-2H3,(H,62,65). The summed E-state index contributed by atoms with van der Waals surface area (Å²) in [7, 11) is 0. The Balaban J connectivity index is 3.32. The number of carbonyl (C=O) groups excluding carboxylic acids is 2. The molecule has 2 atom stereocenters.